The van der Waals surface area contributed by atoms with Crippen LogP contribution in [0.4, 0.5) is 0 Å². The van der Waals surface area contributed by atoms with Gasteiger partial charge >= 0.3 is 0 Å². The van der Waals surface area contributed by atoms with Crippen LogP contribution in [0.5, 0.6) is 0 Å². The van der Waals surface area contributed by atoms with Crippen LogP contribution in [-0.2, 0) is 4.79 Å². The monoisotopic (exact) mass is 302 g/mol. The summed E-state index contributed by atoms with van der Waals surface area (Å²) in [6.07, 6.45) is 10.7. The summed E-state index contributed by atoms with van der Waals surface area (Å²) in [5.74, 6) is 4.39. The maximum atomic E-state index is 13.2. The molecule has 2 heterocycles. The molecule has 2 aliphatic heterocycles. The van der Waals surface area contributed by atoms with E-state index >= 15 is 0 Å². The summed E-state index contributed by atoms with van der Waals surface area (Å²) >= 11 is 0. The van der Waals surface area contributed by atoms with Gasteiger partial charge in [0.05, 0.1) is 0 Å². The zero-order chi connectivity index (χ0) is 14.7. The van der Waals surface area contributed by atoms with Crippen LogP contribution in [0.25, 0.3) is 0 Å². The molecule has 0 unspecified atom stereocenters. The third kappa shape index (κ3) is 2.07. The first-order chi connectivity index (χ1) is 10.7. The fourth-order valence-corrected chi connectivity index (χ4v) is 6.96. The van der Waals surface area contributed by atoms with E-state index in [0.717, 1.165) is 36.8 Å². The summed E-state index contributed by atoms with van der Waals surface area (Å²) in [5, 5.41) is 3.53. The molecular weight excluding hydrogens is 272 g/mol. The lowest BCUT2D eigenvalue weighted by Gasteiger charge is -2.54. The normalized spacial score (nSPS) is 45.6. The van der Waals surface area contributed by atoms with Crippen molar-refractivity contribution in [3.63, 3.8) is 0 Å². The Morgan fingerprint density at radius 1 is 0.909 bits per heavy atom. The van der Waals surface area contributed by atoms with Gasteiger partial charge < -0.3 is 10.2 Å². The summed E-state index contributed by atoms with van der Waals surface area (Å²) in [5.41, 5.74) is 0.529. The quantitative estimate of drug-likeness (QED) is 0.807. The minimum atomic E-state index is 0.406. The zero-order valence-corrected chi connectivity index (χ0v) is 13.7. The molecule has 4 aliphatic carbocycles. The van der Waals surface area contributed by atoms with E-state index in [1.807, 2.05) is 0 Å². The van der Waals surface area contributed by atoms with Gasteiger partial charge in [0, 0.05) is 25.6 Å². The number of rotatable bonds is 1. The fourth-order valence-electron chi connectivity index (χ4n) is 6.96. The Labute approximate surface area is 134 Å². The van der Waals surface area contributed by atoms with Crippen LogP contribution < -0.4 is 5.32 Å². The van der Waals surface area contributed by atoms with E-state index in [4.69, 9.17) is 0 Å². The predicted molar refractivity (Wildman–Crippen MR) is 86.3 cm³/mol. The largest absolute Gasteiger partial charge is 0.342 e. The van der Waals surface area contributed by atoms with Gasteiger partial charge in [-0.1, -0.05) is 0 Å². The van der Waals surface area contributed by atoms with Gasteiger partial charge in [-0.3, -0.25) is 4.79 Å². The molecule has 3 heteroatoms. The lowest BCUT2D eigenvalue weighted by molar-refractivity contribution is -0.151. The molecule has 1 N–H and O–H groups in total. The van der Waals surface area contributed by atoms with Gasteiger partial charge in [-0.05, 0) is 87.0 Å². The van der Waals surface area contributed by atoms with Gasteiger partial charge in [-0.15, -0.1) is 0 Å². The van der Waals surface area contributed by atoms with Gasteiger partial charge in [-0.2, -0.15) is 0 Å². The van der Waals surface area contributed by atoms with Crippen LogP contribution in [-0.4, -0.2) is 37.0 Å². The van der Waals surface area contributed by atoms with Crippen molar-refractivity contribution in [2.75, 3.05) is 26.2 Å². The van der Waals surface area contributed by atoms with Gasteiger partial charge in [0.2, 0.25) is 5.91 Å². The number of hydrogen-bond donors (Lipinski definition) is 1. The minimum Gasteiger partial charge on any atom is -0.342 e. The Kier molecular flexibility index (Phi) is 3.12. The number of hydrogen-bond acceptors (Lipinski definition) is 2. The average Bonchev–Trinajstić information content (AvgIpc) is 2.95. The zero-order valence-electron chi connectivity index (χ0n) is 13.7. The standard InChI is InChI=1S/C19H30N2O/c22-18(21-5-2-19(3-6-21)1-4-20-12-19)17-15-8-13-7-14(10-15)11-16(17)9-13/h13-17,20H,1-12H2. The first kappa shape index (κ1) is 13.8. The van der Waals surface area contributed by atoms with E-state index in [9.17, 15) is 4.79 Å². The number of nitrogens with one attached hydrogen (secondary N) is 1. The number of carbonyl (C=O) groups excluding carboxylic acids is 1. The highest BCUT2D eigenvalue weighted by molar-refractivity contribution is 5.80. The third-order valence-electron chi connectivity index (χ3n) is 7.98. The number of carbonyl (C=O) groups is 1. The van der Waals surface area contributed by atoms with E-state index in [1.54, 1.807) is 0 Å². The maximum Gasteiger partial charge on any atom is 0.226 e. The topological polar surface area (TPSA) is 32.3 Å². The summed E-state index contributed by atoms with van der Waals surface area (Å²) in [7, 11) is 0. The molecular formula is C19H30N2O. The predicted octanol–water partition coefficient (Wildman–Crippen LogP) is 2.66. The van der Waals surface area contributed by atoms with Crippen LogP contribution in [0.1, 0.15) is 51.4 Å². The van der Waals surface area contributed by atoms with Crippen molar-refractivity contribution in [1.82, 2.24) is 10.2 Å². The molecule has 6 rings (SSSR count). The summed E-state index contributed by atoms with van der Waals surface area (Å²) in [6.45, 7) is 4.43. The Morgan fingerprint density at radius 3 is 2.09 bits per heavy atom. The highest BCUT2D eigenvalue weighted by atomic mass is 16.2. The Morgan fingerprint density at radius 2 is 1.55 bits per heavy atom. The lowest BCUT2D eigenvalue weighted by Crippen LogP contribution is -2.54. The molecule has 0 aromatic heterocycles. The van der Waals surface area contributed by atoms with Crippen LogP contribution in [0.2, 0.25) is 0 Å². The van der Waals surface area contributed by atoms with E-state index in [0.29, 0.717) is 17.2 Å². The highest BCUT2D eigenvalue weighted by Crippen LogP contribution is 2.57. The summed E-state index contributed by atoms with van der Waals surface area (Å²) in [4.78, 5) is 15.5. The number of likely N-dealkylation sites (tertiary alicyclic amines) is 1. The number of nitrogens with zero attached hydrogens (tertiary/aromatic N) is 1. The fraction of sp³-hybridized carbons (Fsp3) is 0.947. The van der Waals surface area contributed by atoms with Crippen molar-refractivity contribution in [2.24, 2.45) is 35.0 Å². The summed E-state index contributed by atoms with van der Waals surface area (Å²) in [6, 6.07) is 0. The van der Waals surface area contributed by atoms with Crippen molar-refractivity contribution >= 4 is 5.91 Å². The van der Waals surface area contributed by atoms with Crippen LogP contribution in [0, 0.1) is 35.0 Å². The molecule has 0 atom stereocenters. The Balaban J connectivity index is 1.27. The van der Waals surface area contributed by atoms with Crippen molar-refractivity contribution in [3.8, 4) is 0 Å². The van der Waals surface area contributed by atoms with Crippen molar-refractivity contribution in [3.05, 3.63) is 0 Å². The molecule has 22 heavy (non-hydrogen) atoms. The second-order valence-corrected chi connectivity index (χ2v) is 9.21. The van der Waals surface area contributed by atoms with Crippen LogP contribution in [0.3, 0.4) is 0 Å². The molecule has 4 bridgehead atoms. The Hall–Kier alpha value is -0.570. The van der Waals surface area contributed by atoms with Crippen LogP contribution in [0.15, 0.2) is 0 Å². The van der Waals surface area contributed by atoms with Gasteiger partial charge in [-0.25, -0.2) is 0 Å². The molecule has 0 aromatic rings. The average molecular weight is 302 g/mol. The van der Waals surface area contributed by atoms with Crippen molar-refractivity contribution < 1.29 is 4.79 Å². The second-order valence-electron chi connectivity index (χ2n) is 9.21. The van der Waals surface area contributed by atoms with E-state index < -0.39 is 0 Å². The highest BCUT2D eigenvalue weighted by Gasteiger charge is 2.52. The first-order valence-electron chi connectivity index (χ1n) is 9.72. The summed E-state index contributed by atoms with van der Waals surface area (Å²) < 4.78 is 0. The molecule has 0 radical (unpaired) electrons. The maximum absolute atomic E-state index is 13.2. The molecule has 4 saturated carbocycles. The molecule has 6 aliphatic rings. The van der Waals surface area contributed by atoms with Crippen molar-refractivity contribution in [1.29, 1.82) is 0 Å². The first-order valence-corrected chi connectivity index (χ1v) is 9.72. The second kappa shape index (κ2) is 4.96. The number of amides is 1. The molecule has 3 nitrogen and oxygen atoms in total. The molecule has 6 fully saturated rings. The van der Waals surface area contributed by atoms with E-state index in [2.05, 4.69) is 10.2 Å². The third-order valence-corrected chi connectivity index (χ3v) is 7.98. The van der Waals surface area contributed by atoms with E-state index in [1.165, 1.54) is 64.5 Å². The van der Waals surface area contributed by atoms with Gasteiger partial charge in [0.25, 0.3) is 0 Å². The smallest absolute Gasteiger partial charge is 0.226 e. The molecule has 1 amide bonds. The molecule has 2 saturated heterocycles. The van der Waals surface area contributed by atoms with Gasteiger partial charge in [0.15, 0.2) is 0 Å². The van der Waals surface area contributed by atoms with E-state index in [-0.39, 0.29) is 0 Å². The van der Waals surface area contributed by atoms with Crippen LogP contribution >= 0.6 is 0 Å². The number of piperidine rings is 1. The minimum absolute atomic E-state index is 0.406. The molecule has 1 spiro atoms. The molecule has 0 aromatic carbocycles. The lowest BCUT2D eigenvalue weighted by atomic mass is 9.51. The SMILES string of the molecule is O=C(C1C2CC3CC(C2)CC1C3)N1CCC2(CCNC2)CC1. The Bertz CT molecular complexity index is 430. The van der Waals surface area contributed by atoms with Crippen molar-refractivity contribution in [2.45, 2.75) is 51.4 Å². The van der Waals surface area contributed by atoms with Gasteiger partial charge in [0.1, 0.15) is 0 Å². The molecule has 122 valence electrons.